The quantitative estimate of drug-likeness (QED) is 0.726. The van der Waals surface area contributed by atoms with Crippen LogP contribution in [0.2, 0.25) is 0 Å². The molecule has 1 N–H and O–H groups in total. The highest BCUT2D eigenvalue weighted by molar-refractivity contribution is 6.08. The summed E-state index contributed by atoms with van der Waals surface area (Å²) in [6.07, 6.45) is 1.81. The molecule has 1 aromatic heterocycles. The van der Waals surface area contributed by atoms with Crippen molar-refractivity contribution in [2.24, 2.45) is 0 Å². The second kappa shape index (κ2) is 6.16. The number of ketones is 1. The van der Waals surface area contributed by atoms with Gasteiger partial charge in [-0.3, -0.25) is 9.69 Å². The smallest absolute Gasteiger partial charge is 0.178 e. The number of nitrogens with one attached hydrogen (secondary N) is 1. The minimum Gasteiger partial charge on any atom is -0.360 e. The molecule has 0 fully saturated rings. The fourth-order valence-electron chi connectivity index (χ4n) is 2.77. The van der Waals surface area contributed by atoms with Crippen molar-refractivity contribution in [2.45, 2.75) is 13.5 Å². The van der Waals surface area contributed by atoms with Crippen molar-refractivity contribution in [3.05, 3.63) is 71.4 Å². The van der Waals surface area contributed by atoms with Gasteiger partial charge in [-0.25, -0.2) is 0 Å². The summed E-state index contributed by atoms with van der Waals surface area (Å²) in [6.45, 7) is 3.29. The molecule has 0 bridgehead atoms. The monoisotopic (exact) mass is 292 g/mol. The molecule has 0 unspecified atom stereocenters. The topological polar surface area (TPSA) is 36.1 Å². The third kappa shape index (κ3) is 2.95. The van der Waals surface area contributed by atoms with Crippen LogP contribution >= 0.6 is 0 Å². The number of carbonyl (C=O) groups is 1. The first kappa shape index (κ1) is 14.5. The van der Waals surface area contributed by atoms with E-state index in [4.69, 9.17) is 0 Å². The molecule has 0 amide bonds. The van der Waals surface area contributed by atoms with Gasteiger partial charge in [0.25, 0.3) is 0 Å². The molecule has 112 valence electrons. The number of H-pyrrole nitrogens is 1. The summed E-state index contributed by atoms with van der Waals surface area (Å²) in [7, 11) is 1.99. The number of likely N-dealkylation sites (N-methyl/N-ethyl adjacent to an activating group) is 1. The van der Waals surface area contributed by atoms with Crippen LogP contribution < -0.4 is 0 Å². The predicted octanol–water partition coefficient (Wildman–Crippen LogP) is 3.79. The highest BCUT2D eigenvalue weighted by atomic mass is 16.1. The van der Waals surface area contributed by atoms with Gasteiger partial charge >= 0.3 is 0 Å². The molecule has 0 saturated carbocycles. The predicted molar refractivity (Wildman–Crippen MR) is 90.1 cm³/mol. The van der Waals surface area contributed by atoms with Crippen LogP contribution in [0.15, 0.2) is 54.7 Å². The number of rotatable bonds is 5. The lowest BCUT2D eigenvalue weighted by molar-refractivity contribution is 0.0944. The van der Waals surface area contributed by atoms with E-state index in [0.29, 0.717) is 6.54 Å². The Hall–Kier alpha value is -2.39. The molecule has 0 aliphatic heterocycles. The number of aryl methyl sites for hydroxylation is 1. The number of aromatic amines is 1. The van der Waals surface area contributed by atoms with Crippen molar-refractivity contribution in [1.82, 2.24) is 9.88 Å². The van der Waals surface area contributed by atoms with Gasteiger partial charge in [0.1, 0.15) is 0 Å². The average molecular weight is 292 g/mol. The van der Waals surface area contributed by atoms with E-state index in [1.54, 1.807) is 0 Å². The molecule has 1 heterocycles. The number of benzene rings is 2. The summed E-state index contributed by atoms with van der Waals surface area (Å²) in [4.78, 5) is 17.8. The van der Waals surface area contributed by atoms with Crippen LogP contribution in [0.1, 0.15) is 21.5 Å². The fraction of sp³-hybridized carbons (Fsp3) is 0.211. The molecule has 0 spiro atoms. The van der Waals surface area contributed by atoms with Gasteiger partial charge in [-0.2, -0.15) is 0 Å². The van der Waals surface area contributed by atoms with Crippen LogP contribution in [0.5, 0.6) is 0 Å². The first-order valence-electron chi connectivity index (χ1n) is 7.47. The summed E-state index contributed by atoms with van der Waals surface area (Å²) in [6, 6.07) is 16.2. The van der Waals surface area contributed by atoms with E-state index in [1.807, 2.05) is 49.6 Å². The van der Waals surface area contributed by atoms with Crippen LogP contribution in [0.3, 0.4) is 0 Å². The van der Waals surface area contributed by atoms with Gasteiger partial charge in [0.2, 0.25) is 0 Å². The summed E-state index contributed by atoms with van der Waals surface area (Å²) in [5.41, 5.74) is 4.30. The van der Waals surface area contributed by atoms with E-state index < -0.39 is 0 Å². The Kier molecular flexibility index (Phi) is 4.07. The SMILES string of the molecule is Cc1ccccc1CN(C)CC(=O)c1c[nH]c2ccccc12. The Morgan fingerprint density at radius 3 is 2.64 bits per heavy atom. The first-order valence-corrected chi connectivity index (χ1v) is 7.47. The maximum absolute atomic E-state index is 12.5. The van der Waals surface area contributed by atoms with Crippen molar-refractivity contribution < 1.29 is 4.79 Å². The van der Waals surface area contributed by atoms with Crippen LogP contribution in [0.4, 0.5) is 0 Å². The number of para-hydroxylation sites is 1. The molecule has 3 aromatic rings. The second-order valence-corrected chi connectivity index (χ2v) is 5.77. The van der Waals surface area contributed by atoms with Crippen LogP contribution in [-0.4, -0.2) is 29.3 Å². The third-order valence-corrected chi connectivity index (χ3v) is 4.00. The number of nitrogens with zero attached hydrogens (tertiary/aromatic N) is 1. The second-order valence-electron chi connectivity index (χ2n) is 5.77. The van der Waals surface area contributed by atoms with Gasteiger partial charge < -0.3 is 4.98 Å². The first-order chi connectivity index (χ1) is 10.6. The van der Waals surface area contributed by atoms with E-state index in [2.05, 4.69) is 28.9 Å². The molecule has 0 saturated heterocycles. The Bertz CT molecular complexity index is 804. The number of Topliss-reactive ketones (excluding diaryl/α,β-unsaturated/α-hetero) is 1. The summed E-state index contributed by atoms with van der Waals surface area (Å²) >= 11 is 0. The van der Waals surface area contributed by atoms with E-state index >= 15 is 0 Å². The van der Waals surface area contributed by atoms with Gasteiger partial charge in [0.05, 0.1) is 6.54 Å². The number of hydrogen-bond acceptors (Lipinski definition) is 2. The van der Waals surface area contributed by atoms with Crippen molar-refractivity contribution in [2.75, 3.05) is 13.6 Å². The Morgan fingerprint density at radius 1 is 1.09 bits per heavy atom. The molecule has 3 heteroatoms. The molecule has 2 aromatic carbocycles. The number of aromatic nitrogens is 1. The normalized spacial score (nSPS) is 11.2. The lowest BCUT2D eigenvalue weighted by Gasteiger charge is -2.17. The van der Waals surface area contributed by atoms with Crippen LogP contribution in [0.25, 0.3) is 10.9 Å². The highest BCUT2D eigenvalue weighted by Crippen LogP contribution is 2.18. The maximum Gasteiger partial charge on any atom is 0.178 e. The largest absolute Gasteiger partial charge is 0.360 e. The van der Waals surface area contributed by atoms with Crippen molar-refractivity contribution in [3.63, 3.8) is 0 Å². The van der Waals surface area contributed by atoms with E-state index in [1.165, 1.54) is 11.1 Å². The average Bonchev–Trinajstić information content (AvgIpc) is 2.93. The van der Waals surface area contributed by atoms with E-state index in [0.717, 1.165) is 23.0 Å². The number of carbonyl (C=O) groups excluding carboxylic acids is 1. The van der Waals surface area contributed by atoms with Crippen molar-refractivity contribution >= 4 is 16.7 Å². The molecular weight excluding hydrogens is 272 g/mol. The van der Waals surface area contributed by atoms with E-state index in [9.17, 15) is 4.79 Å². The highest BCUT2D eigenvalue weighted by Gasteiger charge is 2.14. The minimum absolute atomic E-state index is 0.147. The number of hydrogen-bond donors (Lipinski definition) is 1. The van der Waals surface area contributed by atoms with Crippen LogP contribution in [-0.2, 0) is 6.54 Å². The fourth-order valence-corrected chi connectivity index (χ4v) is 2.77. The zero-order valence-electron chi connectivity index (χ0n) is 13.0. The van der Waals surface area contributed by atoms with Crippen LogP contribution in [0, 0.1) is 6.92 Å². The van der Waals surface area contributed by atoms with Gasteiger partial charge in [0.15, 0.2) is 5.78 Å². The summed E-state index contributed by atoms with van der Waals surface area (Å²) in [5, 5.41) is 0.997. The van der Waals surface area contributed by atoms with Gasteiger partial charge in [-0.1, -0.05) is 42.5 Å². The molecular formula is C19H20N2O. The van der Waals surface area contributed by atoms with E-state index in [-0.39, 0.29) is 5.78 Å². The van der Waals surface area contributed by atoms with Gasteiger partial charge in [-0.05, 0) is 31.2 Å². The van der Waals surface area contributed by atoms with Gasteiger partial charge in [-0.15, -0.1) is 0 Å². The summed E-state index contributed by atoms with van der Waals surface area (Å²) < 4.78 is 0. The van der Waals surface area contributed by atoms with Crippen molar-refractivity contribution in [3.8, 4) is 0 Å². The third-order valence-electron chi connectivity index (χ3n) is 4.00. The molecule has 0 atom stereocenters. The lowest BCUT2D eigenvalue weighted by Crippen LogP contribution is -2.25. The lowest BCUT2D eigenvalue weighted by atomic mass is 10.1. The molecule has 3 rings (SSSR count). The Labute approximate surface area is 130 Å². The zero-order valence-corrected chi connectivity index (χ0v) is 13.0. The molecule has 0 radical (unpaired) electrons. The maximum atomic E-state index is 12.5. The molecule has 3 nitrogen and oxygen atoms in total. The summed E-state index contributed by atoms with van der Waals surface area (Å²) in [5.74, 6) is 0.147. The standard InChI is InChI=1S/C19H20N2O/c1-14-7-3-4-8-15(14)12-21(2)13-19(22)17-11-20-18-10-6-5-9-16(17)18/h3-11,20H,12-13H2,1-2H3. The Morgan fingerprint density at radius 2 is 1.82 bits per heavy atom. The molecule has 0 aliphatic rings. The van der Waals surface area contributed by atoms with Gasteiger partial charge in [0, 0.05) is 29.2 Å². The molecule has 0 aliphatic carbocycles. The van der Waals surface area contributed by atoms with Crippen molar-refractivity contribution in [1.29, 1.82) is 0 Å². The number of fused-ring (bicyclic) bond motifs is 1. The Balaban J connectivity index is 1.73. The minimum atomic E-state index is 0.147. The zero-order chi connectivity index (χ0) is 15.5. The molecule has 22 heavy (non-hydrogen) atoms.